The molecule has 4 heterocycles. The van der Waals surface area contributed by atoms with Crippen molar-refractivity contribution in [3.63, 3.8) is 0 Å². The zero-order valence-electron chi connectivity index (χ0n) is 22.7. The van der Waals surface area contributed by atoms with Crippen molar-refractivity contribution in [1.29, 1.82) is 0 Å². The van der Waals surface area contributed by atoms with Gasteiger partial charge in [0.15, 0.2) is 11.6 Å². The highest BCUT2D eigenvalue weighted by Crippen LogP contribution is 2.65. The second-order valence-electron chi connectivity index (χ2n) is 11.8. The van der Waals surface area contributed by atoms with Gasteiger partial charge < -0.3 is 25.0 Å². The van der Waals surface area contributed by atoms with Crippen molar-refractivity contribution < 1.29 is 23.0 Å². The van der Waals surface area contributed by atoms with E-state index in [1.165, 1.54) is 0 Å². The van der Waals surface area contributed by atoms with Gasteiger partial charge >= 0.3 is 0 Å². The van der Waals surface area contributed by atoms with Crippen molar-refractivity contribution in [3.05, 3.63) is 30.0 Å². The molecule has 6 atom stereocenters. The Bertz CT molecular complexity index is 1320. The molecule has 1 aromatic carbocycles. The van der Waals surface area contributed by atoms with E-state index in [9.17, 15) is 13.6 Å². The Morgan fingerprint density at radius 1 is 1.12 bits per heavy atom. The third-order valence-corrected chi connectivity index (χ3v) is 9.77. The number of nitrogens with one attached hydrogen (secondary N) is 4. The molecule has 10 nitrogen and oxygen atoms in total. The molecule has 4 fully saturated rings. The lowest BCUT2D eigenvalue weighted by Crippen LogP contribution is -2.41. The fourth-order valence-corrected chi connectivity index (χ4v) is 7.46. The number of halogens is 2. The Labute approximate surface area is 231 Å². The van der Waals surface area contributed by atoms with E-state index in [4.69, 9.17) is 9.47 Å². The summed E-state index contributed by atoms with van der Waals surface area (Å²) in [5.41, 5.74) is 8.43. The van der Waals surface area contributed by atoms with E-state index < -0.39 is 11.3 Å². The molecule has 2 aromatic rings. The standard InChI is InChI=1S/C28H35F2N7O3/c1-39-16-4-6-20-18(12-16)28(25(38)32-20)13-19(28)15-3-5-17-21(11-15)35-36-23(17)33-24-22(40-2)14-31-26(34-24)37-9-7-27(29,30)8-10-37/h4,6,12,14-15,17,19,21,23,35-36H,3,5,7-11,13H2,1-2H3,(H,32,38)(H,31,33,34)/t15?,17?,19-,21?,23?,28-/m0/s1. The van der Waals surface area contributed by atoms with Crippen LogP contribution in [0, 0.1) is 17.8 Å². The number of alkyl halides is 2. The molecule has 0 bridgehead atoms. The molecule has 5 aliphatic rings. The lowest BCUT2D eigenvalue weighted by molar-refractivity contribution is -0.118. The number of carbonyl (C=O) groups excluding carboxylic acids is 1. The number of hydrazine groups is 1. The summed E-state index contributed by atoms with van der Waals surface area (Å²) in [6.45, 7) is 0.429. The van der Waals surface area contributed by atoms with Gasteiger partial charge in [-0.05, 0) is 61.3 Å². The molecule has 3 aliphatic heterocycles. The van der Waals surface area contributed by atoms with Crippen LogP contribution < -0.4 is 35.9 Å². The quantitative estimate of drug-likeness (QED) is 0.427. The van der Waals surface area contributed by atoms with Gasteiger partial charge in [-0.25, -0.2) is 19.2 Å². The molecule has 2 saturated carbocycles. The van der Waals surface area contributed by atoms with Crippen LogP contribution in [0.25, 0.3) is 0 Å². The zero-order chi connectivity index (χ0) is 27.6. The molecular weight excluding hydrogens is 520 g/mol. The number of carbonyl (C=O) groups is 1. The van der Waals surface area contributed by atoms with Crippen molar-refractivity contribution >= 4 is 23.4 Å². The predicted octanol–water partition coefficient (Wildman–Crippen LogP) is 3.27. The largest absolute Gasteiger partial charge is 0.497 e. The Balaban J connectivity index is 1.03. The van der Waals surface area contributed by atoms with Crippen LogP contribution in [0.5, 0.6) is 11.5 Å². The molecule has 1 aromatic heterocycles. The molecule has 1 amide bonds. The first kappa shape index (κ1) is 25.7. The van der Waals surface area contributed by atoms with Crippen molar-refractivity contribution in [3.8, 4) is 11.5 Å². The summed E-state index contributed by atoms with van der Waals surface area (Å²) >= 11 is 0. The third-order valence-electron chi connectivity index (χ3n) is 9.77. The topological polar surface area (TPSA) is 113 Å². The monoisotopic (exact) mass is 555 g/mol. The number of fused-ring (bicyclic) bond motifs is 3. The van der Waals surface area contributed by atoms with E-state index >= 15 is 0 Å². The summed E-state index contributed by atoms with van der Waals surface area (Å²) in [6, 6.07) is 6.11. The number of benzene rings is 1. The first-order valence-corrected chi connectivity index (χ1v) is 14.1. The Morgan fingerprint density at radius 3 is 2.73 bits per heavy atom. The van der Waals surface area contributed by atoms with Gasteiger partial charge in [0.1, 0.15) is 5.75 Å². The lowest BCUT2D eigenvalue weighted by Gasteiger charge is -2.34. The molecule has 12 heteroatoms. The Hall–Kier alpha value is -3.25. The molecule has 2 aliphatic carbocycles. The number of aromatic nitrogens is 2. The lowest BCUT2D eigenvalue weighted by atomic mass is 9.74. The van der Waals surface area contributed by atoms with E-state index in [1.54, 1.807) is 25.3 Å². The predicted molar refractivity (Wildman–Crippen MR) is 145 cm³/mol. The van der Waals surface area contributed by atoms with E-state index in [0.717, 1.165) is 42.7 Å². The van der Waals surface area contributed by atoms with E-state index in [1.807, 2.05) is 18.2 Å². The summed E-state index contributed by atoms with van der Waals surface area (Å²) < 4.78 is 38.3. The molecule has 0 radical (unpaired) electrons. The number of ether oxygens (including phenoxy) is 2. The van der Waals surface area contributed by atoms with Crippen molar-refractivity contribution in [2.24, 2.45) is 17.8 Å². The van der Waals surface area contributed by atoms with Crippen LogP contribution in [0.3, 0.4) is 0 Å². The van der Waals surface area contributed by atoms with Gasteiger partial charge in [0.25, 0.3) is 5.92 Å². The highest BCUT2D eigenvalue weighted by molar-refractivity contribution is 6.09. The minimum Gasteiger partial charge on any atom is -0.497 e. The smallest absolute Gasteiger partial charge is 0.251 e. The summed E-state index contributed by atoms with van der Waals surface area (Å²) in [5, 5.41) is 6.59. The molecule has 2 saturated heterocycles. The molecule has 7 rings (SSSR count). The zero-order valence-corrected chi connectivity index (χ0v) is 22.7. The molecule has 1 spiro atoms. The molecule has 214 valence electrons. The summed E-state index contributed by atoms with van der Waals surface area (Å²) in [7, 11) is 3.22. The molecule has 4 N–H and O–H groups in total. The number of hydrogen-bond acceptors (Lipinski definition) is 9. The molecule has 4 unspecified atom stereocenters. The SMILES string of the molecule is COc1ccc2c(c1)[C@]1(C[C@H]1C1CCC3C(C1)NNC3Nc1nc(N3CCC(F)(F)CC3)ncc1OC)C(=O)N2. The van der Waals surface area contributed by atoms with Gasteiger partial charge in [0.2, 0.25) is 11.9 Å². The average molecular weight is 556 g/mol. The van der Waals surface area contributed by atoms with Crippen LogP contribution >= 0.6 is 0 Å². The minimum atomic E-state index is -2.63. The first-order chi connectivity index (χ1) is 19.3. The Kier molecular flexibility index (Phi) is 6.04. The molecule has 40 heavy (non-hydrogen) atoms. The van der Waals surface area contributed by atoms with Crippen molar-refractivity contribution in [2.45, 2.75) is 62.1 Å². The van der Waals surface area contributed by atoms with Crippen LogP contribution in [0.1, 0.15) is 44.1 Å². The maximum absolute atomic E-state index is 13.7. The van der Waals surface area contributed by atoms with Gasteiger partial charge in [0.05, 0.1) is 32.0 Å². The van der Waals surface area contributed by atoms with Gasteiger partial charge in [0, 0.05) is 43.6 Å². The highest BCUT2D eigenvalue weighted by atomic mass is 19.3. The number of nitrogens with zero attached hydrogens (tertiary/aromatic N) is 3. The first-order valence-electron chi connectivity index (χ1n) is 14.1. The third kappa shape index (κ3) is 4.14. The fourth-order valence-electron chi connectivity index (χ4n) is 7.46. The summed E-state index contributed by atoms with van der Waals surface area (Å²) in [4.78, 5) is 24.0. The van der Waals surface area contributed by atoms with Crippen molar-refractivity contribution in [1.82, 2.24) is 20.8 Å². The van der Waals surface area contributed by atoms with E-state index in [-0.39, 0.29) is 44.0 Å². The number of hydrogen-bond donors (Lipinski definition) is 4. The molecular formula is C28H35F2N7O3. The maximum atomic E-state index is 13.7. The summed E-state index contributed by atoms with van der Waals surface area (Å²) in [6.07, 6.45) is 4.99. The number of piperidine rings is 1. The van der Waals surface area contributed by atoms with E-state index in [0.29, 0.717) is 35.3 Å². The highest BCUT2D eigenvalue weighted by Gasteiger charge is 2.67. The number of anilines is 3. The number of methoxy groups -OCH3 is 2. The second-order valence-corrected chi connectivity index (χ2v) is 11.8. The van der Waals surface area contributed by atoms with Crippen molar-refractivity contribution in [2.75, 3.05) is 42.8 Å². The van der Waals surface area contributed by atoms with Crippen LogP contribution in [-0.4, -0.2) is 61.3 Å². The summed E-state index contributed by atoms with van der Waals surface area (Å²) in [5.74, 6) is 0.808. The normalized spacial score (nSPS) is 33.8. The van der Waals surface area contributed by atoms with Gasteiger partial charge in [-0.2, -0.15) is 4.98 Å². The number of amides is 1. The van der Waals surface area contributed by atoms with Gasteiger partial charge in [-0.1, -0.05) is 0 Å². The second kappa shape index (κ2) is 9.41. The van der Waals surface area contributed by atoms with Crippen LogP contribution in [0.4, 0.5) is 26.2 Å². The maximum Gasteiger partial charge on any atom is 0.251 e. The fraction of sp³-hybridized carbons (Fsp3) is 0.607. The van der Waals surface area contributed by atoms with Crippen LogP contribution in [-0.2, 0) is 10.2 Å². The van der Waals surface area contributed by atoms with Crippen LogP contribution in [0.15, 0.2) is 24.4 Å². The van der Waals surface area contributed by atoms with Crippen LogP contribution in [0.2, 0.25) is 0 Å². The van der Waals surface area contributed by atoms with Gasteiger partial charge in [-0.3, -0.25) is 10.2 Å². The number of rotatable bonds is 6. The Morgan fingerprint density at radius 2 is 1.95 bits per heavy atom. The van der Waals surface area contributed by atoms with Gasteiger partial charge in [-0.15, -0.1) is 0 Å². The van der Waals surface area contributed by atoms with E-state index in [2.05, 4.69) is 31.5 Å². The minimum absolute atomic E-state index is 0.0822. The average Bonchev–Trinajstić information content (AvgIpc) is 3.51.